The van der Waals surface area contributed by atoms with E-state index in [1.54, 1.807) is 0 Å². The predicted octanol–water partition coefficient (Wildman–Crippen LogP) is 1.02. The number of hydrogen-bond acceptors (Lipinski definition) is 4. The first-order chi connectivity index (χ1) is 9.74. The summed E-state index contributed by atoms with van der Waals surface area (Å²) in [5, 5.41) is 0. The summed E-state index contributed by atoms with van der Waals surface area (Å²) in [5.74, 6) is -0.435. The molecule has 0 unspecified atom stereocenters. The van der Waals surface area contributed by atoms with Gasteiger partial charge in [0, 0.05) is 26.1 Å². The smallest absolute Gasteiger partial charge is 0.330 e. The number of nitrogens with zero attached hydrogens (tertiary/aromatic N) is 2. The van der Waals surface area contributed by atoms with E-state index in [-0.39, 0.29) is 6.42 Å². The van der Waals surface area contributed by atoms with Gasteiger partial charge >= 0.3 is 6.18 Å². The van der Waals surface area contributed by atoms with Crippen molar-refractivity contribution in [1.82, 2.24) is 9.21 Å². The summed E-state index contributed by atoms with van der Waals surface area (Å²) in [6.45, 7) is 3.56. The molecule has 1 aliphatic heterocycles. The van der Waals surface area contributed by atoms with E-state index < -0.39 is 28.4 Å². The Balaban J connectivity index is 2.44. The van der Waals surface area contributed by atoms with E-state index in [2.05, 4.69) is 4.90 Å². The Labute approximate surface area is 124 Å². The van der Waals surface area contributed by atoms with Crippen LogP contribution in [0.1, 0.15) is 25.7 Å². The van der Waals surface area contributed by atoms with Crippen molar-refractivity contribution in [2.24, 2.45) is 5.73 Å². The molecule has 0 bridgehead atoms. The lowest BCUT2D eigenvalue weighted by atomic mass is 10.3. The molecule has 9 heteroatoms. The fourth-order valence-electron chi connectivity index (χ4n) is 2.35. The van der Waals surface area contributed by atoms with Crippen LogP contribution in [0.2, 0.25) is 0 Å². The number of sulfonamides is 1. The Bertz CT molecular complexity index is 401. The van der Waals surface area contributed by atoms with Crippen molar-refractivity contribution in [3.63, 3.8) is 0 Å². The lowest BCUT2D eigenvalue weighted by molar-refractivity contribution is -0.134. The molecule has 0 radical (unpaired) electrons. The minimum Gasteiger partial charge on any atom is -0.330 e. The van der Waals surface area contributed by atoms with Gasteiger partial charge in [-0.25, -0.2) is 12.7 Å². The van der Waals surface area contributed by atoms with Crippen LogP contribution < -0.4 is 5.73 Å². The van der Waals surface area contributed by atoms with Gasteiger partial charge in [0.15, 0.2) is 0 Å². The molecule has 1 aliphatic rings. The van der Waals surface area contributed by atoms with Gasteiger partial charge in [-0.3, -0.25) is 0 Å². The molecule has 0 atom stereocenters. The highest BCUT2D eigenvalue weighted by molar-refractivity contribution is 7.89. The van der Waals surface area contributed by atoms with E-state index >= 15 is 0 Å². The standard InChI is InChI=1S/C12H24F3N3O2S/c13-12(14,15)4-1-11-21(19,20)18-8-3-7-17(9-10-18)6-2-5-16/h1-11,16H2. The maximum atomic E-state index is 12.1. The average Bonchev–Trinajstić information content (AvgIpc) is 2.60. The van der Waals surface area contributed by atoms with Gasteiger partial charge in [0.05, 0.1) is 5.75 Å². The molecule has 0 aromatic heterocycles. The van der Waals surface area contributed by atoms with Crippen LogP contribution in [0.3, 0.4) is 0 Å². The third-order valence-electron chi connectivity index (χ3n) is 3.48. The quantitative estimate of drug-likeness (QED) is 0.756. The zero-order valence-electron chi connectivity index (χ0n) is 12.1. The highest BCUT2D eigenvalue weighted by Crippen LogP contribution is 2.22. The minimum atomic E-state index is -4.30. The molecule has 1 rings (SSSR count). The van der Waals surface area contributed by atoms with Gasteiger partial charge in [0.2, 0.25) is 10.0 Å². The molecular formula is C12H24F3N3O2S. The third-order valence-corrected chi connectivity index (χ3v) is 5.44. The van der Waals surface area contributed by atoms with Crippen LogP contribution in [0, 0.1) is 0 Å². The summed E-state index contributed by atoms with van der Waals surface area (Å²) >= 11 is 0. The van der Waals surface area contributed by atoms with Crippen molar-refractivity contribution in [2.75, 3.05) is 45.0 Å². The van der Waals surface area contributed by atoms with Gasteiger partial charge < -0.3 is 10.6 Å². The number of hydrogen-bond donors (Lipinski definition) is 1. The van der Waals surface area contributed by atoms with E-state index in [1.165, 1.54) is 4.31 Å². The SMILES string of the molecule is NCCCN1CCCN(S(=O)(=O)CCCC(F)(F)F)CC1. The van der Waals surface area contributed by atoms with Crippen LogP contribution in [0.5, 0.6) is 0 Å². The van der Waals surface area contributed by atoms with E-state index in [1.807, 2.05) is 0 Å². The van der Waals surface area contributed by atoms with Crippen LogP contribution in [-0.2, 0) is 10.0 Å². The Morgan fingerprint density at radius 2 is 1.76 bits per heavy atom. The molecule has 1 saturated heterocycles. The molecule has 5 nitrogen and oxygen atoms in total. The molecular weight excluding hydrogens is 307 g/mol. The zero-order valence-corrected chi connectivity index (χ0v) is 12.9. The summed E-state index contributed by atoms with van der Waals surface area (Å²) in [7, 11) is -3.59. The zero-order chi connectivity index (χ0) is 15.9. The van der Waals surface area contributed by atoms with Crippen molar-refractivity contribution in [3.05, 3.63) is 0 Å². The fourth-order valence-corrected chi connectivity index (χ4v) is 3.88. The fraction of sp³-hybridized carbons (Fsp3) is 1.00. The monoisotopic (exact) mass is 331 g/mol. The number of alkyl halides is 3. The molecule has 0 aromatic carbocycles. The number of rotatable bonds is 7. The molecule has 126 valence electrons. The van der Waals surface area contributed by atoms with Gasteiger partial charge in [-0.2, -0.15) is 13.2 Å². The van der Waals surface area contributed by atoms with Crippen LogP contribution >= 0.6 is 0 Å². The number of nitrogens with two attached hydrogens (primary N) is 1. The molecule has 0 amide bonds. The van der Waals surface area contributed by atoms with Crippen LogP contribution in [0.15, 0.2) is 0 Å². The van der Waals surface area contributed by atoms with Gasteiger partial charge in [-0.05, 0) is 38.9 Å². The van der Waals surface area contributed by atoms with E-state index in [0.29, 0.717) is 32.6 Å². The van der Waals surface area contributed by atoms with Crippen molar-refractivity contribution in [1.29, 1.82) is 0 Å². The normalized spacial score (nSPS) is 19.6. The maximum Gasteiger partial charge on any atom is 0.389 e. The van der Waals surface area contributed by atoms with E-state index in [0.717, 1.165) is 19.5 Å². The molecule has 2 N–H and O–H groups in total. The van der Waals surface area contributed by atoms with Crippen molar-refractivity contribution in [3.8, 4) is 0 Å². The highest BCUT2D eigenvalue weighted by Gasteiger charge is 2.29. The minimum absolute atomic E-state index is 0.346. The first kappa shape index (κ1) is 18.7. The van der Waals surface area contributed by atoms with Crippen molar-refractivity contribution < 1.29 is 21.6 Å². The van der Waals surface area contributed by atoms with Gasteiger partial charge in [-0.15, -0.1) is 0 Å². The topological polar surface area (TPSA) is 66.6 Å². The Hall–Kier alpha value is -0.380. The maximum absolute atomic E-state index is 12.1. The summed E-state index contributed by atoms with van der Waals surface area (Å²) in [6.07, 6.45) is -4.17. The molecule has 21 heavy (non-hydrogen) atoms. The summed E-state index contributed by atoms with van der Waals surface area (Å²) in [6, 6.07) is 0. The summed E-state index contributed by atoms with van der Waals surface area (Å²) in [5.41, 5.74) is 5.45. The Morgan fingerprint density at radius 1 is 1.05 bits per heavy atom. The first-order valence-corrected chi connectivity index (χ1v) is 8.82. The average molecular weight is 331 g/mol. The van der Waals surface area contributed by atoms with Crippen molar-refractivity contribution >= 4 is 10.0 Å². The lowest BCUT2D eigenvalue weighted by Gasteiger charge is -2.21. The number of halogens is 3. The molecule has 0 aromatic rings. The summed E-state index contributed by atoms with van der Waals surface area (Å²) in [4.78, 5) is 2.15. The third kappa shape index (κ3) is 7.44. The lowest BCUT2D eigenvalue weighted by Crippen LogP contribution is -2.37. The van der Waals surface area contributed by atoms with Gasteiger partial charge in [0.1, 0.15) is 0 Å². The largest absolute Gasteiger partial charge is 0.389 e. The predicted molar refractivity (Wildman–Crippen MR) is 75.4 cm³/mol. The van der Waals surface area contributed by atoms with Crippen LogP contribution in [0.25, 0.3) is 0 Å². The molecule has 1 fully saturated rings. The Kier molecular flexibility index (Phi) is 7.38. The van der Waals surface area contributed by atoms with Gasteiger partial charge in [-0.1, -0.05) is 0 Å². The van der Waals surface area contributed by atoms with E-state index in [9.17, 15) is 21.6 Å². The van der Waals surface area contributed by atoms with Gasteiger partial charge in [0.25, 0.3) is 0 Å². The van der Waals surface area contributed by atoms with E-state index in [4.69, 9.17) is 5.73 Å². The molecule has 1 heterocycles. The van der Waals surface area contributed by atoms with Crippen molar-refractivity contribution in [2.45, 2.75) is 31.9 Å². The molecule has 0 aliphatic carbocycles. The highest BCUT2D eigenvalue weighted by atomic mass is 32.2. The molecule has 0 saturated carbocycles. The molecule has 0 spiro atoms. The summed E-state index contributed by atoms with van der Waals surface area (Å²) < 4.78 is 61.7. The Morgan fingerprint density at radius 3 is 2.38 bits per heavy atom. The second-order valence-electron chi connectivity index (χ2n) is 5.27. The first-order valence-electron chi connectivity index (χ1n) is 7.21. The second kappa shape index (κ2) is 8.30. The van der Waals surface area contributed by atoms with Crippen LogP contribution in [-0.4, -0.2) is 68.8 Å². The van der Waals surface area contributed by atoms with Crippen LogP contribution in [0.4, 0.5) is 13.2 Å². The second-order valence-corrected chi connectivity index (χ2v) is 7.36.